The number of para-hydroxylation sites is 3. The minimum Gasteiger partial charge on any atom is -0.309 e. The normalized spacial score (nSPS) is 12.3. The van der Waals surface area contributed by atoms with E-state index in [1.165, 1.54) is 110 Å². The lowest BCUT2D eigenvalue weighted by atomic mass is 9.96. The van der Waals surface area contributed by atoms with Gasteiger partial charge < -0.3 is 9.13 Å². The molecule has 0 atom stereocenters. The maximum absolute atomic E-state index is 2.49. The van der Waals surface area contributed by atoms with Gasteiger partial charge in [-0.15, -0.1) is 0 Å². The molecular formula is C53H34N2. The van der Waals surface area contributed by atoms with Gasteiger partial charge >= 0.3 is 0 Å². The average Bonchev–Trinajstić information content (AvgIpc) is 3.90. The highest BCUT2D eigenvalue weighted by atomic mass is 15.0. The van der Waals surface area contributed by atoms with Crippen LogP contribution in [0.5, 0.6) is 0 Å². The van der Waals surface area contributed by atoms with E-state index in [9.17, 15) is 0 Å². The van der Waals surface area contributed by atoms with E-state index in [1.54, 1.807) is 0 Å². The van der Waals surface area contributed by atoms with Crippen molar-refractivity contribution in [2.24, 2.45) is 0 Å². The summed E-state index contributed by atoms with van der Waals surface area (Å²) in [5, 5.41) is 7.51. The van der Waals surface area contributed by atoms with Crippen LogP contribution < -0.4 is 0 Å². The maximum Gasteiger partial charge on any atom is 0.0547 e. The molecule has 1 aliphatic rings. The second kappa shape index (κ2) is 11.7. The first kappa shape index (κ1) is 30.3. The zero-order valence-electron chi connectivity index (χ0n) is 30.1. The van der Waals surface area contributed by atoms with E-state index < -0.39 is 0 Å². The lowest BCUT2D eigenvalue weighted by Crippen LogP contribution is -1.97. The standard InChI is InChI=1S/C53H34N2/c1-2-14-41(15-3-1)54-49-20-10-8-18-44(49)46-26-24-36(32-53(46)54)34-25-27-51-48(31-34)45-19-9-11-21-50(45)55(51)52-33-40(29-38-13-5-7-17-43(38)52)35-22-23-39-28-37-12-4-6-16-42(37)47(39)30-35/h1-27,29-33H,28H2. The van der Waals surface area contributed by atoms with Crippen molar-refractivity contribution in [1.29, 1.82) is 0 Å². The minimum atomic E-state index is 1.00. The van der Waals surface area contributed by atoms with Crippen molar-refractivity contribution >= 4 is 54.4 Å². The molecule has 0 unspecified atom stereocenters. The molecule has 0 spiro atoms. The van der Waals surface area contributed by atoms with E-state index >= 15 is 0 Å². The van der Waals surface area contributed by atoms with Crippen LogP contribution in [0.15, 0.2) is 194 Å². The van der Waals surface area contributed by atoms with Crippen molar-refractivity contribution < 1.29 is 0 Å². The van der Waals surface area contributed by atoms with Gasteiger partial charge in [0.05, 0.1) is 27.8 Å². The number of hydrogen-bond acceptors (Lipinski definition) is 0. The summed E-state index contributed by atoms with van der Waals surface area (Å²) in [6, 6.07) is 71.8. The summed E-state index contributed by atoms with van der Waals surface area (Å²) >= 11 is 0. The summed E-state index contributed by atoms with van der Waals surface area (Å²) in [6.45, 7) is 0. The zero-order valence-corrected chi connectivity index (χ0v) is 30.1. The van der Waals surface area contributed by atoms with Crippen molar-refractivity contribution in [3.8, 4) is 44.8 Å². The first-order valence-electron chi connectivity index (χ1n) is 19.1. The first-order chi connectivity index (χ1) is 27.3. The molecule has 2 nitrogen and oxygen atoms in total. The van der Waals surface area contributed by atoms with Gasteiger partial charge in [-0.2, -0.15) is 0 Å². The molecule has 0 saturated heterocycles. The molecule has 2 aromatic heterocycles. The Labute approximate surface area is 318 Å². The number of hydrogen-bond donors (Lipinski definition) is 0. The zero-order chi connectivity index (χ0) is 36.0. The van der Waals surface area contributed by atoms with E-state index in [4.69, 9.17) is 0 Å². The second-order valence-corrected chi connectivity index (χ2v) is 14.9. The van der Waals surface area contributed by atoms with E-state index in [1.807, 2.05) is 0 Å². The fraction of sp³-hybridized carbons (Fsp3) is 0.0189. The van der Waals surface area contributed by atoms with Crippen LogP contribution in [0, 0.1) is 0 Å². The number of aromatic nitrogens is 2. The number of fused-ring (bicyclic) bond motifs is 10. The van der Waals surface area contributed by atoms with Crippen molar-refractivity contribution in [2.75, 3.05) is 0 Å². The Morgan fingerprint density at radius 3 is 1.78 bits per heavy atom. The van der Waals surface area contributed by atoms with Crippen molar-refractivity contribution in [1.82, 2.24) is 9.13 Å². The van der Waals surface area contributed by atoms with Crippen LogP contribution in [0.25, 0.3) is 99.1 Å². The van der Waals surface area contributed by atoms with Crippen molar-refractivity contribution in [3.05, 3.63) is 205 Å². The smallest absolute Gasteiger partial charge is 0.0547 e. The average molecular weight is 699 g/mol. The Bertz CT molecular complexity index is 3340. The van der Waals surface area contributed by atoms with Crippen molar-refractivity contribution in [2.45, 2.75) is 6.42 Å². The Balaban J connectivity index is 1.05. The number of nitrogens with zero attached hydrogens (tertiary/aromatic N) is 2. The van der Waals surface area contributed by atoms with E-state index in [2.05, 4.69) is 203 Å². The molecule has 0 fully saturated rings. The minimum absolute atomic E-state index is 1.00. The summed E-state index contributed by atoms with van der Waals surface area (Å²) in [5.41, 5.74) is 17.6. The van der Waals surface area contributed by atoms with Crippen LogP contribution >= 0.6 is 0 Å². The van der Waals surface area contributed by atoms with E-state index in [-0.39, 0.29) is 0 Å². The molecule has 0 N–H and O–H groups in total. The summed E-state index contributed by atoms with van der Waals surface area (Å²) in [6.07, 6.45) is 1.00. The monoisotopic (exact) mass is 698 g/mol. The Morgan fingerprint density at radius 2 is 0.909 bits per heavy atom. The molecule has 12 rings (SSSR count). The van der Waals surface area contributed by atoms with Gasteiger partial charge in [0.25, 0.3) is 0 Å². The molecular weight excluding hydrogens is 665 g/mol. The number of rotatable bonds is 4. The lowest BCUT2D eigenvalue weighted by Gasteiger charge is -2.15. The van der Waals surface area contributed by atoms with Gasteiger partial charge in [-0.1, -0.05) is 133 Å². The third-order valence-corrected chi connectivity index (χ3v) is 11.9. The summed E-state index contributed by atoms with van der Waals surface area (Å²) in [5.74, 6) is 0. The van der Waals surface area contributed by atoms with Crippen molar-refractivity contribution in [3.63, 3.8) is 0 Å². The summed E-state index contributed by atoms with van der Waals surface area (Å²) in [7, 11) is 0. The van der Waals surface area contributed by atoms with E-state index in [0.29, 0.717) is 0 Å². The fourth-order valence-corrected chi connectivity index (χ4v) is 9.36. The Morgan fingerprint density at radius 1 is 0.309 bits per heavy atom. The highest BCUT2D eigenvalue weighted by Crippen LogP contribution is 2.42. The maximum atomic E-state index is 2.49. The fourth-order valence-electron chi connectivity index (χ4n) is 9.36. The van der Waals surface area contributed by atoms with Gasteiger partial charge in [0.1, 0.15) is 0 Å². The van der Waals surface area contributed by atoms with Gasteiger partial charge in [-0.25, -0.2) is 0 Å². The van der Waals surface area contributed by atoms with Crippen LogP contribution in [0.3, 0.4) is 0 Å². The van der Waals surface area contributed by atoms with Crippen LogP contribution in [0.4, 0.5) is 0 Å². The van der Waals surface area contributed by atoms with Gasteiger partial charge in [0, 0.05) is 32.6 Å². The summed E-state index contributed by atoms with van der Waals surface area (Å²) in [4.78, 5) is 0. The molecule has 11 aromatic rings. The van der Waals surface area contributed by atoms with Crippen LogP contribution in [0.1, 0.15) is 11.1 Å². The molecule has 9 aromatic carbocycles. The SMILES string of the molecule is c1ccc(-n2c3ccccc3c3ccc(-c4ccc5c(c4)c4ccccc4n5-c4cc(-c5ccc6c(c5)-c5ccccc5C6)cc5ccccc45)cc32)cc1. The molecule has 0 bridgehead atoms. The third-order valence-electron chi connectivity index (χ3n) is 11.9. The van der Waals surface area contributed by atoms with E-state index in [0.717, 1.165) is 6.42 Å². The molecule has 256 valence electrons. The van der Waals surface area contributed by atoms with Gasteiger partial charge in [0.2, 0.25) is 0 Å². The van der Waals surface area contributed by atoms with Crippen LogP contribution in [-0.2, 0) is 6.42 Å². The van der Waals surface area contributed by atoms with Gasteiger partial charge in [-0.05, 0) is 117 Å². The first-order valence-corrected chi connectivity index (χ1v) is 19.1. The Hall–Kier alpha value is -7.16. The molecule has 2 heteroatoms. The highest BCUT2D eigenvalue weighted by Gasteiger charge is 2.21. The molecule has 0 aliphatic heterocycles. The summed E-state index contributed by atoms with van der Waals surface area (Å²) < 4.78 is 4.88. The van der Waals surface area contributed by atoms with Crippen LogP contribution in [0.2, 0.25) is 0 Å². The largest absolute Gasteiger partial charge is 0.309 e. The molecule has 55 heavy (non-hydrogen) atoms. The van der Waals surface area contributed by atoms with Crippen LogP contribution in [-0.4, -0.2) is 9.13 Å². The second-order valence-electron chi connectivity index (χ2n) is 14.9. The molecule has 0 saturated carbocycles. The Kier molecular flexibility index (Phi) is 6.43. The molecule has 0 radical (unpaired) electrons. The molecule has 1 aliphatic carbocycles. The predicted octanol–water partition coefficient (Wildman–Crippen LogP) is 13.9. The van der Waals surface area contributed by atoms with Gasteiger partial charge in [0.15, 0.2) is 0 Å². The quantitative estimate of drug-likeness (QED) is 0.173. The number of benzene rings is 9. The molecule has 2 heterocycles. The van der Waals surface area contributed by atoms with Gasteiger partial charge in [-0.3, -0.25) is 0 Å². The molecule has 0 amide bonds. The topological polar surface area (TPSA) is 9.86 Å². The predicted molar refractivity (Wildman–Crippen MR) is 232 cm³/mol. The lowest BCUT2D eigenvalue weighted by molar-refractivity contribution is 1.18. The highest BCUT2D eigenvalue weighted by molar-refractivity contribution is 6.13. The third kappa shape index (κ3) is 4.55.